The van der Waals surface area contributed by atoms with Gasteiger partial charge < -0.3 is 9.64 Å². The maximum atomic E-state index is 5.57. The van der Waals surface area contributed by atoms with Gasteiger partial charge in [0.05, 0.1) is 12.3 Å². The van der Waals surface area contributed by atoms with Gasteiger partial charge in [0.2, 0.25) is 0 Å². The van der Waals surface area contributed by atoms with Crippen molar-refractivity contribution in [3.63, 3.8) is 0 Å². The molecule has 1 atom stereocenters. The first-order valence-electron chi connectivity index (χ1n) is 7.43. The second-order valence-corrected chi connectivity index (χ2v) is 6.13. The minimum absolute atomic E-state index is 0.347. The van der Waals surface area contributed by atoms with Gasteiger partial charge in [-0.3, -0.25) is 0 Å². The van der Waals surface area contributed by atoms with E-state index in [4.69, 9.17) is 4.74 Å². The molecule has 2 aliphatic rings. The number of aromatic nitrogens is 4. The quantitative estimate of drug-likeness (QED) is 0.838. The number of anilines is 1. The number of hydrogen-bond donors (Lipinski definition) is 0. The molecule has 4 rings (SSSR count). The monoisotopic (exact) mass is 285 g/mol. The van der Waals surface area contributed by atoms with E-state index in [-0.39, 0.29) is 0 Å². The van der Waals surface area contributed by atoms with E-state index < -0.39 is 0 Å². The molecule has 2 aromatic rings. The van der Waals surface area contributed by atoms with Crippen LogP contribution in [-0.2, 0) is 4.74 Å². The van der Waals surface area contributed by atoms with E-state index in [0.717, 1.165) is 43.6 Å². The van der Waals surface area contributed by atoms with Gasteiger partial charge in [0.25, 0.3) is 0 Å². The predicted molar refractivity (Wildman–Crippen MR) is 78.6 cm³/mol. The molecule has 2 aromatic heterocycles. The molecule has 0 amide bonds. The Kier molecular flexibility index (Phi) is 2.92. The van der Waals surface area contributed by atoms with Crippen molar-refractivity contribution in [2.75, 3.05) is 31.2 Å². The van der Waals surface area contributed by atoms with Crippen LogP contribution in [0.15, 0.2) is 24.4 Å². The van der Waals surface area contributed by atoms with E-state index in [9.17, 15) is 0 Å². The Balaban J connectivity index is 1.52. The lowest BCUT2D eigenvalue weighted by atomic mass is 9.87. The Morgan fingerprint density at radius 2 is 2.00 bits per heavy atom. The zero-order valence-corrected chi connectivity index (χ0v) is 12.2. The Hall–Kier alpha value is -1.95. The summed E-state index contributed by atoms with van der Waals surface area (Å²) < 4.78 is 7.32. The van der Waals surface area contributed by atoms with Crippen molar-refractivity contribution >= 4 is 5.82 Å². The molecule has 0 bridgehead atoms. The predicted octanol–water partition coefficient (Wildman–Crippen LogP) is 1.59. The van der Waals surface area contributed by atoms with Crippen LogP contribution in [0.2, 0.25) is 0 Å². The zero-order chi connectivity index (χ0) is 14.3. The van der Waals surface area contributed by atoms with E-state index in [0.29, 0.717) is 5.41 Å². The average molecular weight is 285 g/mol. The fourth-order valence-corrected chi connectivity index (χ4v) is 3.25. The molecule has 0 saturated carbocycles. The molecule has 6 heteroatoms. The molecule has 0 aliphatic carbocycles. The Morgan fingerprint density at radius 1 is 1.14 bits per heavy atom. The van der Waals surface area contributed by atoms with Crippen LogP contribution in [0.25, 0.3) is 5.82 Å². The van der Waals surface area contributed by atoms with Crippen LogP contribution >= 0.6 is 0 Å². The lowest BCUT2D eigenvalue weighted by molar-refractivity contribution is 0.160. The summed E-state index contributed by atoms with van der Waals surface area (Å²) >= 11 is 0. The fourth-order valence-electron chi connectivity index (χ4n) is 3.25. The number of rotatable bonds is 2. The standard InChI is InChI=1S/C15H19N5O/c1-12-4-7-20(18-12)14-3-2-13(16-17-14)19-8-5-15(10-19)6-9-21-11-15/h2-4,7H,5-6,8-11H2,1H3/t15-/m0/s1. The van der Waals surface area contributed by atoms with Crippen molar-refractivity contribution in [1.29, 1.82) is 0 Å². The number of hydrogen-bond acceptors (Lipinski definition) is 5. The highest BCUT2D eigenvalue weighted by molar-refractivity contribution is 5.41. The third-order valence-electron chi connectivity index (χ3n) is 4.54. The topological polar surface area (TPSA) is 56.1 Å². The van der Waals surface area contributed by atoms with Gasteiger partial charge >= 0.3 is 0 Å². The highest BCUT2D eigenvalue weighted by atomic mass is 16.5. The minimum atomic E-state index is 0.347. The first kappa shape index (κ1) is 12.8. The molecular formula is C15H19N5O. The Labute approximate surface area is 123 Å². The molecule has 21 heavy (non-hydrogen) atoms. The smallest absolute Gasteiger partial charge is 0.175 e. The SMILES string of the molecule is Cc1ccn(-c2ccc(N3CC[C@]4(CCOC4)C3)nn2)n1. The van der Waals surface area contributed by atoms with Crippen LogP contribution in [0.4, 0.5) is 5.82 Å². The van der Waals surface area contributed by atoms with Crippen molar-refractivity contribution in [2.45, 2.75) is 19.8 Å². The lowest BCUT2D eigenvalue weighted by Crippen LogP contribution is -2.28. The molecule has 0 N–H and O–H groups in total. The van der Waals surface area contributed by atoms with Gasteiger partial charge in [-0.05, 0) is 38.0 Å². The molecule has 2 saturated heterocycles. The molecule has 1 spiro atoms. The van der Waals surface area contributed by atoms with Crippen LogP contribution in [0.5, 0.6) is 0 Å². The summed E-state index contributed by atoms with van der Waals surface area (Å²) in [4.78, 5) is 2.32. The summed E-state index contributed by atoms with van der Waals surface area (Å²) in [5.41, 5.74) is 1.32. The van der Waals surface area contributed by atoms with Crippen LogP contribution in [-0.4, -0.2) is 46.3 Å². The van der Waals surface area contributed by atoms with E-state index in [1.54, 1.807) is 4.68 Å². The van der Waals surface area contributed by atoms with E-state index >= 15 is 0 Å². The van der Waals surface area contributed by atoms with Crippen LogP contribution in [0.3, 0.4) is 0 Å². The van der Waals surface area contributed by atoms with Crippen LogP contribution in [0.1, 0.15) is 18.5 Å². The number of ether oxygens (including phenoxy) is 1. The molecule has 0 radical (unpaired) electrons. The molecule has 4 heterocycles. The molecule has 0 aromatic carbocycles. The maximum absolute atomic E-state index is 5.57. The highest BCUT2D eigenvalue weighted by Crippen LogP contribution is 2.39. The minimum Gasteiger partial charge on any atom is -0.381 e. The Morgan fingerprint density at radius 3 is 2.67 bits per heavy atom. The van der Waals surface area contributed by atoms with Crippen LogP contribution in [0, 0.1) is 12.3 Å². The zero-order valence-electron chi connectivity index (χ0n) is 12.2. The molecule has 0 unspecified atom stereocenters. The second-order valence-electron chi connectivity index (χ2n) is 6.13. The molecule has 2 fully saturated rings. The van der Waals surface area contributed by atoms with Gasteiger partial charge in [-0.2, -0.15) is 5.10 Å². The number of nitrogens with zero attached hydrogens (tertiary/aromatic N) is 5. The van der Waals surface area contributed by atoms with Gasteiger partial charge in [0.1, 0.15) is 0 Å². The van der Waals surface area contributed by atoms with E-state index in [2.05, 4.69) is 20.2 Å². The lowest BCUT2D eigenvalue weighted by Gasteiger charge is -2.22. The fraction of sp³-hybridized carbons (Fsp3) is 0.533. The summed E-state index contributed by atoms with van der Waals surface area (Å²) in [6.45, 7) is 5.82. The van der Waals surface area contributed by atoms with Gasteiger partial charge in [-0.25, -0.2) is 4.68 Å². The largest absolute Gasteiger partial charge is 0.381 e. The Bertz CT molecular complexity index is 630. The van der Waals surface area contributed by atoms with E-state index in [1.807, 2.05) is 31.3 Å². The average Bonchev–Trinajstić information content (AvgIpc) is 3.23. The normalized spacial score (nSPS) is 25.1. The number of aryl methyl sites for hydroxylation is 1. The molecule has 110 valence electrons. The van der Waals surface area contributed by atoms with Crippen LogP contribution < -0.4 is 4.90 Å². The van der Waals surface area contributed by atoms with Crippen molar-refractivity contribution in [3.05, 3.63) is 30.1 Å². The van der Waals surface area contributed by atoms with Gasteiger partial charge in [-0.1, -0.05) is 0 Å². The summed E-state index contributed by atoms with van der Waals surface area (Å²) in [5.74, 6) is 1.70. The van der Waals surface area contributed by atoms with Gasteiger partial charge in [0, 0.05) is 31.3 Å². The highest BCUT2D eigenvalue weighted by Gasteiger charge is 2.41. The third-order valence-corrected chi connectivity index (χ3v) is 4.54. The molecular weight excluding hydrogens is 266 g/mol. The van der Waals surface area contributed by atoms with E-state index in [1.165, 1.54) is 12.8 Å². The molecule has 2 aliphatic heterocycles. The maximum Gasteiger partial charge on any atom is 0.175 e. The van der Waals surface area contributed by atoms with Gasteiger partial charge in [0.15, 0.2) is 11.6 Å². The second kappa shape index (κ2) is 4.80. The van der Waals surface area contributed by atoms with Crippen molar-refractivity contribution < 1.29 is 4.74 Å². The summed E-state index contributed by atoms with van der Waals surface area (Å²) in [5, 5.41) is 13.0. The first-order chi connectivity index (χ1) is 10.2. The summed E-state index contributed by atoms with van der Waals surface area (Å²) in [7, 11) is 0. The van der Waals surface area contributed by atoms with Crippen molar-refractivity contribution in [3.8, 4) is 5.82 Å². The first-order valence-corrected chi connectivity index (χ1v) is 7.43. The van der Waals surface area contributed by atoms with Crippen molar-refractivity contribution in [2.24, 2.45) is 5.41 Å². The third kappa shape index (κ3) is 2.29. The molecule has 6 nitrogen and oxygen atoms in total. The summed E-state index contributed by atoms with van der Waals surface area (Å²) in [6, 6.07) is 5.97. The van der Waals surface area contributed by atoms with Crippen molar-refractivity contribution in [1.82, 2.24) is 20.0 Å². The van der Waals surface area contributed by atoms with Gasteiger partial charge in [-0.15, -0.1) is 10.2 Å². The summed E-state index contributed by atoms with van der Waals surface area (Å²) in [6.07, 6.45) is 4.26.